The molecule has 6 heteroatoms. The zero-order valence-electron chi connectivity index (χ0n) is 17.2. The van der Waals surface area contributed by atoms with Gasteiger partial charge in [0.15, 0.2) is 0 Å². The molecule has 0 spiro atoms. The molecule has 3 rings (SSSR count). The fraction of sp³-hybridized carbons (Fsp3) is 0.333. The Morgan fingerprint density at radius 1 is 1.20 bits per heavy atom. The Labute approximate surface area is 176 Å². The lowest BCUT2D eigenvalue weighted by Gasteiger charge is -2.20. The average Bonchev–Trinajstić information content (AvgIpc) is 3.21. The van der Waals surface area contributed by atoms with E-state index in [9.17, 15) is 4.79 Å². The van der Waals surface area contributed by atoms with Crippen LogP contribution < -0.4 is 4.74 Å². The van der Waals surface area contributed by atoms with E-state index in [1.807, 2.05) is 43.3 Å². The van der Waals surface area contributed by atoms with E-state index >= 15 is 0 Å². The number of carboxylic acid groups (broad SMARTS) is 1. The van der Waals surface area contributed by atoms with Crippen LogP contribution >= 0.6 is 0 Å². The summed E-state index contributed by atoms with van der Waals surface area (Å²) in [7, 11) is 0. The molecule has 0 amide bonds. The van der Waals surface area contributed by atoms with Crippen molar-refractivity contribution in [2.45, 2.75) is 38.7 Å². The Kier molecular flexibility index (Phi) is 7.47. The topological polar surface area (TPSA) is 84.4 Å². The summed E-state index contributed by atoms with van der Waals surface area (Å²) in [6.07, 6.45) is 2.31. The Morgan fingerprint density at radius 3 is 2.67 bits per heavy atom. The Balaban J connectivity index is 1.79. The lowest BCUT2D eigenvalue weighted by molar-refractivity contribution is -0.137. The van der Waals surface area contributed by atoms with Crippen LogP contribution in [0.25, 0.3) is 10.9 Å². The van der Waals surface area contributed by atoms with Crippen LogP contribution in [0.4, 0.5) is 0 Å². The molecule has 0 saturated carbocycles. The summed E-state index contributed by atoms with van der Waals surface area (Å²) in [5.74, 6) is 5.30. The van der Waals surface area contributed by atoms with Crippen molar-refractivity contribution in [3.05, 3.63) is 59.8 Å². The monoisotopic (exact) mass is 406 g/mol. The van der Waals surface area contributed by atoms with E-state index in [-0.39, 0.29) is 18.4 Å². The largest absolute Gasteiger partial charge is 0.486 e. The molecule has 0 saturated heterocycles. The second-order valence-corrected chi connectivity index (χ2v) is 6.92. The number of hydrogen-bond acceptors (Lipinski definition) is 4. The highest BCUT2D eigenvalue weighted by Gasteiger charge is 2.16. The molecule has 6 nitrogen and oxygen atoms in total. The number of nitrogens with one attached hydrogen (secondary N) is 1. The number of carbonyl (C=O) groups is 1. The number of aromatic nitrogens is 2. The molecule has 156 valence electrons. The summed E-state index contributed by atoms with van der Waals surface area (Å²) in [6, 6.07) is 13.6. The van der Waals surface area contributed by atoms with Crippen LogP contribution in [-0.4, -0.2) is 34.5 Å². The number of benzene rings is 2. The van der Waals surface area contributed by atoms with Gasteiger partial charge in [0.25, 0.3) is 0 Å². The maximum atomic E-state index is 11.1. The quantitative estimate of drug-likeness (QED) is 0.377. The number of ether oxygens (including phenoxy) is 2. The van der Waals surface area contributed by atoms with Crippen molar-refractivity contribution in [2.75, 3.05) is 13.2 Å². The van der Waals surface area contributed by atoms with Crippen LogP contribution in [0.15, 0.2) is 48.7 Å². The number of hydrogen-bond donors (Lipinski definition) is 2. The van der Waals surface area contributed by atoms with E-state index in [1.165, 1.54) is 0 Å². The number of nitrogens with zero attached hydrogens (tertiary/aromatic N) is 1. The highest BCUT2D eigenvalue weighted by Crippen LogP contribution is 2.29. The van der Waals surface area contributed by atoms with Gasteiger partial charge in [-0.15, -0.1) is 5.92 Å². The summed E-state index contributed by atoms with van der Waals surface area (Å²) in [5, 5.41) is 17.2. The fourth-order valence-electron chi connectivity index (χ4n) is 3.33. The van der Waals surface area contributed by atoms with Crippen molar-refractivity contribution < 1.29 is 19.4 Å². The Bertz CT molecular complexity index is 1030. The zero-order valence-corrected chi connectivity index (χ0v) is 17.2. The highest BCUT2D eigenvalue weighted by molar-refractivity contribution is 5.78. The summed E-state index contributed by atoms with van der Waals surface area (Å²) >= 11 is 0. The van der Waals surface area contributed by atoms with E-state index in [0.717, 1.165) is 22.0 Å². The first-order valence-corrected chi connectivity index (χ1v) is 10.0. The van der Waals surface area contributed by atoms with Crippen molar-refractivity contribution in [3.63, 3.8) is 0 Å². The highest BCUT2D eigenvalue weighted by atomic mass is 16.5. The molecule has 0 aliphatic carbocycles. The van der Waals surface area contributed by atoms with E-state index in [4.69, 9.17) is 14.6 Å². The van der Waals surface area contributed by atoms with Gasteiger partial charge in [-0.1, -0.05) is 24.1 Å². The number of fused-ring (bicyclic) bond motifs is 1. The van der Waals surface area contributed by atoms with Gasteiger partial charge in [0.2, 0.25) is 0 Å². The van der Waals surface area contributed by atoms with Crippen LogP contribution in [0.5, 0.6) is 5.75 Å². The van der Waals surface area contributed by atoms with Gasteiger partial charge in [0.1, 0.15) is 11.9 Å². The van der Waals surface area contributed by atoms with Crippen molar-refractivity contribution >= 4 is 16.9 Å². The maximum absolute atomic E-state index is 11.1. The van der Waals surface area contributed by atoms with Crippen molar-refractivity contribution in [1.82, 2.24) is 10.2 Å². The first-order chi connectivity index (χ1) is 14.6. The molecule has 30 heavy (non-hydrogen) atoms. The first kappa shape index (κ1) is 21.4. The third-order valence-corrected chi connectivity index (χ3v) is 4.82. The van der Waals surface area contributed by atoms with E-state index < -0.39 is 5.97 Å². The minimum absolute atomic E-state index is 0.0251. The van der Waals surface area contributed by atoms with Crippen molar-refractivity contribution in [1.29, 1.82) is 0 Å². The third kappa shape index (κ3) is 5.62. The number of aliphatic carboxylic acids is 1. The van der Waals surface area contributed by atoms with E-state index in [0.29, 0.717) is 25.4 Å². The predicted molar refractivity (Wildman–Crippen MR) is 115 cm³/mol. The lowest BCUT2D eigenvalue weighted by Crippen LogP contribution is -2.11. The van der Waals surface area contributed by atoms with Gasteiger partial charge in [0, 0.05) is 18.4 Å². The zero-order chi connectivity index (χ0) is 21.3. The SMILES string of the molecule is CC#CC(CC(=O)O)c1ccc(OC(CCOCC)c2ccc3[nH]ncc3c2)cc1. The Hall–Kier alpha value is -3.30. The summed E-state index contributed by atoms with van der Waals surface area (Å²) < 4.78 is 11.8. The van der Waals surface area contributed by atoms with Gasteiger partial charge < -0.3 is 14.6 Å². The normalized spacial score (nSPS) is 12.7. The van der Waals surface area contributed by atoms with Crippen molar-refractivity contribution in [3.8, 4) is 17.6 Å². The number of H-pyrrole nitrogens is 1. The van der Waals surface area contributed by atoms with E-state index in [1.54, 1.807) is 13.1 Å². The van der Waals surface area contributed by atoms with E-state index in [2.05, 4.69) is 28.1 Å². The summed E-state index contributed by atoms with van der Waals surface area (Å²) in [6.45, 7) is 4.94. The molecular weight excluding hydrogens is 380 g/mol. The second kappa shape index (κ2) is 10.5. The minimum Gasteiger partial charge on any atom is -0.486 e. The number of aromatic amines is 1. The van der Waals surface area contributed by atoms with Gasteiger partial charge >= 0.3 is 5.97 Å². The maximum Gasteiger partial charge on any atom is 0.304 e. The first-order valence-electron chi connectivity index (χ1n) is 10.0. The molecule has 0 aliphatic heterocycles. The molecule has 2 N–H and O–H groups in total. The molecule has 0 fully saturated rings. The fourth-order valence-corrected chi connectivity index (χ4v) is 3.33. The van der Waals surface area contributed by atoms with Gasteiger partial charge in [0.05, 0.1) is 30.7 Å². The molecule has 3 aromatic rings. The minimum atomic E-state index is -0.867. The summed E-state index contributed by atoms with van der Waals surface area (Å²) in [5.41, 5.74) is 2.89. The van der Waals surface area contributed by atoms with Gasteiger partial charge in [-0.05, 0) is 49.2 Å². The van der Waals surface area contributed by atoms with Crippen LogP contribution in [0, 0.1) is 11.8 Å². The molecule has 0 aliphatic rings. The smallest absolute Gasteiger partial charge is 0.304 e. The number of rotatable bonds is 10. The molecular formula is C24H26N2O4. The molecule has 2 unspecified atom stereocenters. The molecule has 2 atom stereocenters. The summed E-state index contributed by atoms with van der Waals surface area (Å²) in [4.78, 5) is 11.1. The van der Waals surface area contributed by atoms with Gasteiger partial charge in [-0.2, -0.15) is 5.10 Å². The van der Waals surface area contributed by atoms with Crippen LogP contribution in [0.3, 0.4) is 0 Å². The number of carboxylic acids is 1. The third-order valence-electron chi connectivity index (χ3n) is 4.82. The average molecular weight is 406 g/mol. The second-order valence-electron chi connectivity index (χ2n) is 6.92. The van der Waals surface area contributed by atoms with Crippen molar-refractivity contribution in [2.24, 2.45) is 0 Å². The molecule has 0 radical (unpaired) electrons. The Morgan fingerprint density at radius 2 is 1.97 bits per heavy atom. The van der Waals surface area contributed by atoms with Crippen LogP contribution in [0.2, 0.25) is 0 Å². The van der Waals surface area contributed by atoms with Crippen LogP contribution in [0.1, 0.15) is 49.8 Å². The van der Waals surface area contributed by atoms with Gasteiger partial charge in [-0.25, -0.2) is 0 Å². The lowest BCUT2D eigenvalue weighted by atomic mass is 9.96. The predicted octanol–water partition coefficient (Wildman–Crippen LogP) is 4.69. The molecule has 0 bridgehead atoms. The molecule has 2 aromatic carbocycles. The molecule has 1 heterocycles. The standard InChI is InChI=1S/C24H26N2O4/c1-3-5-18(15-24(27)28)17-6-9-21(10-7-17)30-23(12-13-29-4-2)19-8-11-22-20(14-19)16-25-26-22/h6-11,14,16,18,23H,4,12-13,15H2,1-2H3,(H,25,26)(H,27,28). The van der Waals surface area contributed by atoms with Gasteiger partial charge in [-0.3, -0.25) is 9.89 Å². The molecule has 1 aromatic heterocycles. The van der Waals surface area contributed by atoms with Crippen LogP contribution in [-0.2, 0) is 9.53 Å².